The van der Waals surface area contributed by atoms with E-state index >= 15 is 0 Å². The molecule has 0 heterocycles. The van der Waals surface area contributed by atoms with Crippen molar-refractivity contribution < 1.29 is 106 Å². The summed E-state index contributed by atoms with van der Waals surface area (Å²) < 4.78 is 8.55. The molecule has 15 heavy (non-hydrogen) atoms. The van der Waals surface area contributed by atoms with Crippen molar-refractivity contribution in [1.82, 2.24) is 0 Å². The molecule has 0 aromatic rings. The quantitative estimate of drug-likeness (QED) is 0.301. The summed E-state index contributed by atoms with van der Waals surface area (Å²) in [6, 6.07) is 0. The van der Waals surface area contributed by atoms with Crippen LogP contribution in [0.15, 0.2) is 0 Å². The van der Waals surface area contributed by atoms with E-state index in [1.54, 1.807) is 0 Å². The smallest absolute Gasteiger partial charge is 0 e. The molecule has 12 nitrogen and oxygen atoms in total. The van der Waals surface area contributed by atoms with E-state index in [2.05, 4.69) is 0 Å². The third-order valence-corrected chi connectivity index (χ3v) is 0. The van der Waals surface area contributed by atoms with Crippen LogP contribution in [0.3, 0.4) is 0 Å². The normalized spacial score (nSPS) is 3.93. The molecule has 0 spiro atoms. The molecule has 0 aromatic carbocycles. The molecule has 0 fully saturated rings. The maximum atomic E-state index is 8.55. The molecule has 0 unspecified atom stereocenters. The number of phosphoric acid groups is 1. The van der Waals surface area contributed by atoms with Gasteiger partial charge in [-0.2, -0.15) is 7.82 Å². The van der Waals surface area contributed by atoms with Crippen LogP contribution in [0.25, 0.3) is 0 Å². The Morgan fingerprint density at radius 1 is 0.533 bits per heavy atom. The standard InChI is InChI=1S/H3O4P.8H2O.2Ti/c1-5(2,3)4;;;;;;;;;;/h(H3,1,2,3,4);8*1H2;;/p-11. The van der Waals surface area contributed by atoms with Crippen LogP contribution in [0.2, 0.25) is 0 Å². The van der Waals surface area contributed by atoms with Gasteiger partial charge in [-0.25, -0.2) is 0 Å². The van der Waals surface area contributed by atoms with E-state index in [0.717, 1.165) is 0 Å². The largest absolute Gasteiger partial charge is 0.870 e. The maximum Gasteiger partial charge on any atom is 0 e. The van der Waals surface area contributed by atoms with Crippen LogP contribution < -0.4 is 14.7 Å². The minimum absolute atomic E-state index is 0. The first kappa shape index (κ1) is 138. The summed E-state index contributed by atoms with van der Waals surface area (Å²) in [5.74, 6) is 0. The van der Waals surface area contributed by atoms with Crippen LogP contribution in [-0.2, 0) is 48.0 Å². The van der Waals surface area contributed by atoms with Gasteiger partial charge >= 0.3 is 0 Å². The van der Waals surface area contributed by atoms with E-state index < -0.39 is 7.82 Å². The molecule has 0 saturated heterocycles. The van der Waals surface area contributed by atoms with Crippen molar-refractivity contribution in [3.63, 3.8) is 0 Å². The minimum atomic E-state index is -5.39. The molecule has 8 N–H and O–H groups in total. The summed E-state index contributed by atoms with van der Waals surface area (Å²) in [7, 11) is -5.39. The molecule has 104 valence electrons. The summed E-state index contributed by atoms with van der Waals surface area (Å²) in [5, 5.41) is 0. The van der Waals surface area contributed by atoms with Gasteiger partial charge in [-0.3, -0.25) is 0 Å². The first-order valence-electron chi connectivity index (χ1n) is 0.730. The molecular weight excluding hydrogens is 319 g/mol. The van der Waals surface area contributed by atoms with Crippen LogP contribution in [0, 0.1) is 0 Å². The predicted octanol–water partition coefficient (Wildman–Crippen LogP) is -4.24. The molecule has 0 aliphatic carbocycles. The van der Waals surface area contributed by atoms with Gasteiger partial charge in [0.25, 0.3) is 0 Å². The second kappa shape index (κ2) is 59.0. The molecule has 0 amide bonds. The van der Waals surface area contributed by atoms with E-state index in [4.69, 9.17) is 19.2 Å². The number of rotatable bonds is 0. The van der Waals surface area contributed by atoms with E-state index in [9.17, 15) is 0 Å². The van der Waals surface area contributed by atoms with Crippen molar-refractivity contribution in [3.8, 4) is 0 Å². The Morgan fingerprint density at radius 3 is 0.533 bits per heavy atom. The van der Waals surface area contributed by atoms with Crippen LogP contribution in [0.4, 0.5) is 0 Å². The number of hydrogen-bond acceptors (Lipinski definition) is 12. The van der Waals surface area contributed by atoms with Gasteiger partial charge in [0.1, 0.15) is 0 Å². The zero-order valence-corrected chi connectivity index (χ0v) is 10.7. The fraction of sp³-hybridized carbons (Fsp3) is 0. The molecule has 0 bridgehead atoms. The average Bonchev–Trinajstić information content (AvgIpc) is 0.722. The SMILES string of the molecule is O=P([O-])([O-])[O-].[OH-].[OH-].[OH-].[OH-].[OH-].[OH-].[OH-].[OH-].[Ti].[Ti]. The maximum absolute atomic E-state index is 8.55. The van der Waals surface area contributed by atoms with Gasteiger partial charge in [0, 0.05) is 43.4 Å². The summed E-state index contributed by atoms with van der Waals surface area (Å²) in [4.78, 5) is 25.6. The Hall–Kier alpha value is 1.22. The molecule has 0 atom stereocenters. The monoisotopic (exact) mass is 327 g/mol. The molecule has 0 saturated carbocycles. The van der Waals surface area contributed by atoms with Gasteiger partial charge in [0.2, 0.25) is 0 Å². The summed E-state index contributed by atoms with van der Waals surface area (Å²) >= 11 is 0. The van der Waals surface area contributed by atoms with E-state index in [1.807, 2.05) is 0 Å². The van der Waals surface area contributed by atoms with Crippen molar-refractivity contribution in [3.05, 3.63) is 0 Å². The average molecular weight is 327 g/mol. The van der Waals surface area contributed by atoms with Crippen LogP contribution in [-0.4, -0.2) is 43.8 Å². The molecule has 0 aliphatic heterocycles. The summed E-state index contributed by atoms with van der Waals surface area (Å²) in [6.07, 6.45) is 0. The van der Waals surface area contributed by atoms with E-state index in [1.165, 1.54) is 0 Å². The molecular formula is H8O12PTi2-11. The van der Waals surface area contributed by atoms with Crippen molar-refractivity contribution >= 4 is 7.82 Å². The molecule has 0 aromatic heterocycles. The third kappa shape index (κ3) is 1790. The van der Waals surface area contributed by atoms with E-state index in [0.29, 0.717) is 0 Å². The van der Waals surface area contributed by atoms with Crippen molar-refractivity contribution in [2.75, 3.05) is 0 Å². The molecule has 0 aliphatic rings. The van der Waals surface area contributed by atoms with Gasteiger partial charge in [-0.1, -0.05) is 0 Å². The Labute approximate surface area is 114 Å². The second-order valence-corrected chi connectivity index (χ2v) is 1.34. The van der Waals surface area contributed by atoms with E-state index in [-0.39, 0.29) is 87.2 Å². The Kier molecular flexibility index (Phi) is 543. The number of hydrogen-bond donors (Lipinski definition) is 0. The first-order valence-corrected chi connectivity index (χ1v) is 2.19. The van der Waals surface area contributed by atoms with Crippen molar-refractivity contribution in [2.24, 2.45) is 0 Å². The topological polar surface area (TPSA) is 326 Å². The van der Waals surface area contributed by atoms with Gasteiger partial charge in [0.15, 0.2) is 0 Å². The first-order chi connectivity index (χ1) is 2.00. The third-order valence-electron chi connectivity index (χ3n) is 0. The predicted molar refractivity (Wildman–Crippen MR) is 23.1 cm³/mol. The second-order valence-electron chi connectivity index (χ2n) is 0.447. The van der Waals surface area contributed by atoms with Crippen LogP contribution in [0.5, 0.6) is 0 Å². The molecule has 15 heteroatoms. The van der Waals surface area contributed by atoms with Crippen LogP contribution in [0.1, 0.15) is 0 Å². The van der Waals surface area contributed by atoms with Crippen molar-refractivity contribution in [2.45, 2.75) is 0 Å². The fourth-order valence-electron chi connectivity index (χ4n) is 0. The van der Waals surface area contributed by atoms with Gasteiger partial charge in [0.05, 0.1) is 0 Å². The van der Waals surface area contributed by atoms with Gasteiger partial charge in [-0.05, 0) is 0 Å². The van der Waals surface area contributed by atoms with Crippen LogP contribution >= 0.6 is 7.82 Å². The minimum Gasteiger partial charge on any atom is -0.870 e. The molecule has 0 rings (SSSR count). The van der Waals surface area contributed by atoms with Crippen molar-refractivity contribution in [1.29, 1.82) is 0 Å². The molecule has 0 radical (unpaired) electrons. The van der Waals surface area contributed by atoms with Gasteiger partial charge < -0.3 is 63.1 Å². The summed E-state index contributed by atoms with van der Waals surface area (Å²) in [6.45, 7) is 0. The Morgan fingerprint density at radius 2 is 0.533 bits per heavy atom. The zero-order chi connectivity index (χ0) is 4.50. The zero-order valence-electron chi connectivity index (χ0n) is 6.66. The summed E-state index contributed by atoms with van der Waals surface area (Å²) in [5.41, 5.74) is 0. The fourth-order valence-corrected chi connectivity index (χ4v) is 0. The Balaban J connectivity index is -0.00000000178. The van der Waals surface area contributed by atoms with Gasteiger partial charge in [-0.15, -0.1) is 0 Å². The Bertz CT molecular complexity index is 59.8.